The van der Waals surface area contributed by atoms with Crippen LogP contribution in [0.15, 0.2) is 23.4 Å². The molecule has 0 radical (unpaired) electrons. The molecule has 80 valence electrons. The zero-order valence-electron chi connectivity index (χ0n) is 9.24. The lowest BCUT2D eigenvalue weighted by molar-refractivity contribution is -0.00555. The van der Waals surface area contributed by atoms with Gasteiger partial charge in [-0.05, 0) is 30.9 Å². The highest BCUT2D eigenvalue weighted by atomic mass is 15.2. The van der Waals surface area contributed by atoms with Gasteiger partial charge in [-0.1, -0.05) is 6.92 Å². The number of hydrogen-bond donors (Lipinski definition) is 0. The van der Waals surface area contributed by atoms with Gasteiger partial charge < -0.3 is 10.4 Å². The first-order valence-electron chi connectivity index (χ1n) is 5.72. The zero-order chi connectivity index (χ0) is 10.7. The standard InChI is InChI=1S/C12H17N3/c1-2-10-9-11(14-13)5-6-12(10)15-7-3-4-8-15/h6,9H,2-5,7-8H2,1H3. The van der Waals surface area contributed by atoms with Crippen LogP contribution in [0.2, 0.25) is 0 Å². The summed E-state index contributed by atoms with van der Waals surface area (Å²) in [6.45, 7) is 4.50. The molecular weight excluding hydrogens is 186 g/mol. The van der Waals surface area contributed by atoms with Crippen molar-refractivity contribution in [1.82, 2.24) is 4.90 Å². The number of hydrogen-bond acceptors (Lipinski definition) is 1. The molecule has 1 saturated heterocycles. The summed E-state index contributed by atoms with van der Waals surface area (Å²) in [5.74, 6) is 0. The van der Waals surface area contributed by atoms with E-state index < -0.39 is 0 Å². The molecule has 1 heterocycles. The molecule has 3 heteroatoms. The van der Waals surface area contributed by atoms with Gasteiger partial charge in [0.1, 0.15) is 0 Å². The Morgan fingerprint density at radius 1 is 1.40 bits per heavy atom. The molecule has 1 aliphatic heterocycles. The molecule has 15 heavy (non-hydrogen) atoms. The normalized spacial score (nSPS) is 21.1. The highest BCUT2D eigenvalue weighted by molar-refractivity contribution is 5.94. The highest BCUT2D eigenvalue weighted by Gasteiger charge is 2.21. The topological polar surface area (TPSA) is 39.6 Å². The Morgan fingerprint density at radius 3 is 2.73 bits per heavy atom. The molecule has 0 N–H and O–H groups in total. The minimum atomic E-state index is 0.756. The summed E-state index contributed by atoms with van der Waals surface area (Å²) in [4.78, 5) is 5.73. The third-order valence-electron chi connectivity index (χ3n) is 3.13. The second-order valence-corrected chi connectivity index (χ2v) is 4.10. The van der Waals surface area contributed by atoms with E-state index in [0.717, 1.165) is 18.6 Å². The van der Waals surface area contributed by atoms with Gasteiger partial charge in [-0.15, -0.1) is 0 Å². The van der Waals surface area contributed by atoms with Crippen LogP contribution in [0.5, 0.6) is 0 Å². The van der Waals surface area contributed by atoms with E-state index in [1.165, 1.54) is 37.2 Å². The number of rotatable bonds is 2. The van der Waals surface area contributed by atoms with Crippen molar-refractivity contribution >= 4 is 5.71 Å². The van der Waals surface area contributed by atoms with Crippen LogP contribution in [0.4, 0.5) is 0 Å². The minimum absolute atomic E-state index is 0.756. The number of likely N-dealkylation sites (tertiary alicyclic amines) is 1. The molecule has 3 nitrogen and oxygen atoms in total. The smallest absolute Gasteiger partial charge is 0.296 e. The lowest BCUT2D eigenvalue weighted by Gasteiger charge is -2.24. The average Bonchev–Trinajstić information content (AvgIpc) is 2.81. The summed E-state index contributed by atoms with van der Waals surface area (Å²) >= 11 is 0. The van der Waals surface area contributed by atoms with E-state index in [9.17, 15) is 0 Å². The van der Waals surface area contributed by atoms with Gasteiger partial charge in [0.15, 0.2) is 0 Å². The first kappa shape index (κ1) is 10.2. The monoisotopic (exact) mass is 203 g/mol. The summed E-state index contributed by atoms with van der Waals surface area (Å²) < 4.78 is 0. The molecule has 1 fully saturated rings. The van der Waals surface area contributed by atoms with Gasteiger partial charge in [0.25, 0.3) is 5.71 Å². The second kappa shape index (κ2) is 4.45. The maximum atomic E-state index is 8.76. The van der Waals surface area contributed by atoms with Crippen molar-refractivity contribution in [3.63, 3.8) is 0 Å². The van der Waals surface area contributed by atoms with Gasteiger partial charge in [0.05, 0.1) is 6.42 Å². The third-order valence-corrected chi connectivity index (χ3v) is 3.13. The van der Waals surface area contributed by atoms with Gasteiger partial charge >= 0.3 is 0 Å². The van der Waals surface area contributed by atoms with Crippen molar-refractivity contribution in [2.45, 2.75) is 32.6 Å². The fraction of sp³-hybridized carbons (Fsp3) is 0.583. The van der Waals surface area contributed by atoms with Crippen molar-refractivity contribution in [1.29, 1.82) is 0 Å². The first-order chi connectivity index (χ1) is 7.35. The molecule has 0 saturated carbocycles. The largest absolute Gasteiger partial charge is 0.372 e. The van der Waals surface area contributed by atoms with Crippen LogP contribution < -0.4 is 0 Å². The molecule has 2 rings (SSSR count). The summed E-state index contributed by atoms with van der Waals surface area (Å²) in [6.07, 6.45) is 8.57. The molecule has 0 aromatic rings. The maximum Gasteiger partial charge on any atom is 0.296 e. The van der Waals surface area contributed by atoms with E-state index in [0.29, 0.717) is 0 Å². The van der Waals surface area contributed by atoms with Crippen LogP contribution in [-0.2, 0) is 0 Å². The average molecular weight is 203 g/mol. The second-order valence-electron chi connectivity index (χ2n) is 4.10. The van der Waals surface area contributed by atoms with Crippen molar-refractivity contribution in [2.75, 3.05) is 13.1 Å². The molecule has 0 aromatic carbocycles. The van der Waals surface area contributed by atoms with E-state index >= 15 is 0 Å². The van der Waals surface area contributed by atoms with Crippen LogP contribution in [0.3, 0.4) is 0 Å². The van der Waals surface area contributed by atoms with Crippen molar-refractivity contribution in [3.05, 3.63) is 29.0 Å². The zero-order valence-corrected chi connectivity index (χ0v) is 9.24. The van der Waals surface area contributed by atoms with Crippen LogP contribution in [0.25, 0.3) is 5.53 Å². The maximum absolute atomic E-state index is 8.76. The lowest BCUT2D eigenvalue weighted by Crippen LogP contribution is -2.22. The Balaban J connectivity index is 2.22. The highest BCUT2D eigenvalue weighted by Crippen LogP contribution is 2.26. The summed E-state index contributed by atoms with van der Waals surface area (Å²) in [5.41, 5.74) is 12.2. The number of allylic oxidation sites excluding steroid dienone is 3. The molecule has 1 aliphatic carbocycles. The summed E-state index contributed by atoms with van der Waals surface area (Å²) in [7, 11) is 0. The Kier molecular flexibility index (Phi) is 3.02. The fourth-order valence-electron chi connectivity index (χ4n) is 2.31. The molecule has 0 atom stereocenters. The van der Waals surface area contributed by atoms with Crippen molar-refractivity contribution < 1.29 is 4.79 Å². The lowest BCUT2D eigenvalue weighted by atomic mass is 9.99. The molecule has 0 unspecified atom stereocenters. The minimum Gasteiger partial charge on any atom is -0.372 e. The summed E-state index contributed by atoms with van der Waals surface area (Å²) in [5, 5.41) is 0. The Hall–Kier alpha value is -1.34. The SMILES string of the molecule is CCC1=CC(=[N+]=[N-])CC=C1N1CCCC1. The molecule has 0 amide bonds. The van der Waals surface area contributed by atoms with E-state index in [4.69, 9.17) is 5.53 Å². The van der Waals surface area contributed by atoms with Gasteiger partial charge in [0.2, 0.25) is 0 Å². The third kappa shape index (κ3) is 2.02. The van der Waals surface area contributed by atoms with Crippen LogP contribution in [0, 0.1) is 0 Å². The predicted octanol–water partition coefficient (Wildman–Crippen LogP) is 2.38. The quantitative estimate of drug-likeness (QED) is 0.501. The van der Waals surface area contributed by atoms with E-state index in [1.807, 2.05) is 6.08 Å². The number of nitrogens with zero attached hydrogens (tertiary/aromatic N) is 3. The fourth-order valence-corrected chi connectivity index (χ4v) is 2.31. The van der Waals surface area contributed by atoms with Crippen LogP contribution >= 0.6 is 0 Å². The Morgan fingerprint density at radius 2 is 2.13 bits per heavy atom. The predicted molar refractivity (Wildman–Crippen MR) is 60.5 cm³/mol. The van der Waals surface area contributed by atoms with Gasteiger partial charge in [0, 0.05) is 24.9 Å². The molecular formula is C12H17N3. The molecule has 0 spiro atoms. The van der Waals surface area contributed by atoms with Crippen LogP contribution in [-0.4, -0.2) is 28.5 Å². The van der Waals surface area contributed by atoms with Gasteiger partial charge in [-0.2, -0.15) is 4.79 Å². The van der Waals surface area contributed by atoms with Crippen molar-refractivity contribution in [3.8, 4) is 0 Å². The van der Waals surface area contributed by atoms with Crippen LogP contribution in [0.1, 0.15) is 32.6 Å². The van der Waals surface area contributed by atoms with E-state index in [1.54, 1.807) is 0 Å². The summed E-state index contributed by atoms with van der Waals surface area (Å²) in [6, 6.07) is 0. The first-order valence-corrected chi connectivity index (χ1v) is 5.72. The van der Waals surface area contributed by atoms with E-state index in [-0.39, 0.29) is 0 Å². The molecule has 0 bridgehead atoms. The van der Waals surface area contributed by atoms with Crippen molar-refractivity contribution in [2.24, 2.45) is 0 Å². The Bertz CT molecular complexity index is 353. The van der Waals surface area contributed by atoms with Gasteiger partial charge in [-0.25, -0.2) is 0 Å². The van der Waals surface area contributed by atoms with E-state index in [2.05, 4.69) is 22.7 Å². The molecule has 0 aromatic heterocycles. The Labute approximate surface area is 90.7 Å². The van der Waals surface area contributed by atoms with Gasteiger partial charge in [-0.3, -0.25) is 0 Å². The molecule has 2 aliphatic rings.